The summed E-state index contributed by atoms with van der Waals surface area (Å²) in [6.45, 7) is 0.963. The molecule has 0 atom stereocenters. The van der Waals surface area contributed by atoms with E-state index in [0.717, 1.165) is 5.69 Å². The molecule has 2 rings (SSSR count). The van der Waals surface area contributed by atoms with Gasteiger partial charge in [0.05, 0.1) is 11.9 Å². The zero-order valence-corrected chi connectivity index (χ0v) is 7.04. The number of aromatic nitrogens is 3. The van der Waals surface area contributed by atoms with E-state index in [4.69, 9.17) is 5.73 Å². The van der Waals surface area contributed by atoms with Crippen LogP contribution in [0.15, 0.2) is 23.5 Å². The second kappa shape index (κ2) is 3.36. The van der Waals surface area contributed by atoms with E-state index in [-0.39, 0.29) is 0 Å². The molecular weight excluding hydrogens is 168 g/mol. The van der Waals surface area contributed by atoms with Gasteiger partial charge in [0.15, 0.2) is 0 Å². The maximum atomic E-state index is 5.41. The van der Waals surface area contributed by atoms with Gasteiger partial charge < -0.3 is 5.73 Å². The third-order valence-corrected chi connectivity index (χ3v) is 1.68. The van der Waals surface area contributed by atoms with Gasteiger partial charge in [0.1, 0.15) is 6.67 Å². The molecule has 0 saturated carbocycles. The van der Waals surface area contributed by atoms with E-state index in [9.17, 15) is 0 Å². The summed E-state index contributed by atoms with van der Waals surface area (Å²) >= 11 is 0. The molecule has 1 aliphatic rings. The normalized spacial score (nSPS) is 15.3. The first-order chi connectivity index (χ1) is 6.40. The Balaban J connectivity index is 2.16. The van der Waals surface area contributed by atoms with Crippen LogP contribution < -0.4 is 10.7 Å². The third-order valence-electron chi connectivity index (χ3n) is 1.68. The van der Waals surface area contributed by atoms with Crippen molar-refractivity contribution in [3.63, 3.8) is 0 Å². The van der Waals surface area contributed by atoms with Crippen molar-refractivity contribution < 1.29 is 0 Å². The van der Waals surface area contributed by atoms with E-state index in [2.05, 4.69) is 15.3 Å². The van der Waals surface area contributed by atoms with Gasteiger partial charge in [-0.1, -0.05) is 0 Å². The number of nitrogens with two attached hydrogens (primary N) is 1. The van der Waals surface area contributed by atoms with Gasteiger partial charge in [0, 0.05) is 19.0 Å². The summed E-state index contributed by atoms with van der Waals surface area (Å²) in [5, 5.41) is 9.59. The smallest absolute Gasteiger partial charge is 0.131 e. The Hall–Kier alpha value is -1.69. The Morgan fingerprint density at radius 3 is 3.08 bits per heavy atom. The van der Waals surface area contributed by atoms with Crippen LogP contribution in [0.25, 0.3) is 0 Å². The van der Waals surface area contributed by atoms with Crippen LogP contribution in [0.4, 0.5) is 0 Å². The molecule has 6 heteroatoms. The predicted molar refractivity (Wildman–Crippen MR) is 48.6 cm³/mol. The van der Waals surface area contributed by atoms with Crippen LogP contribution >= 0.6 is 0 Å². The van der Waals surface area contributed by atoms with Crippen molar-refractivity contribution in [2.45, 2.75) is 6.54 Å². The fourth-order valence-electron chi connectivity index (χ4n) is 1.02. The molecule has 1 aromatic heterocycles. The molecule has 0 saturated heterocycles. The summed E-state index contributed by atoms with van der Waals surface area (Å²) in [6, 6.07) is 0. The Morgan fingerprint density at radius 2 is 2.46 bits per heavy atom. The summed E-state index contributed by atoms with van der Waals surface area (Å²) in [6.07, 6.45) is 7.25. The minimum atomic E-state index is 0.404. The second-order valence-electron chi connectivity index (χ2n) is 2.59. The van der Waals surface area contributed by atoms with E-state index >= 15 is 0 Å². The van der Waals surface area contributed by atoms with Gasteiger partial charge in [-0.25, -0.2) is 5.01 Å². The van der Waals surface area contributed by atoms with Gasteiger partial charge in [0.2, 0.25) is 0 Å². The third kappa shape index (κ3) is 1.57. The van der Waals surface area contributed by atoms with Gasteiger partial charge in [-0.2, -0.15) is 4.79 Å². The van der Waals surface area contributed by atoms with E-state index in [1.807, 2.05) is 17.3 Å². The maximum absolute atomic E-state index is 5.41. The van der Waals surface area contributed by atoms with Crippen molar-refractivity contribution >= 4 is 6.21 Å². The van der Waals surface area contributed by atoms with Gasteiger partial charge in [-0.3, -0.25) is 4.99 Å². The number of hydrogen-bond donors (Lipinski definition) is 1. The summed E-state index contributed by atoms with van der Waals surface area (Å²) in [5.74, 6) is 0. The van der Waals surface area contributed by atoms with Crippen molar-refractivity contribution in [2.75, 3.05) is 11.7 Å². The molecule has 0 fully saturated rings. The van der Waals surface area contributed by atoms with Crippen LogP contribution in [0.3, 0.4) is 0 Å². The van der Waals surface area contributed by atoms with Crippen molar-refractivity contribution in [3.8, 4) is 0 Å². The molecule has 0 radical (unpaired) electrons. The quantitative estimate of drug-likeness (QED) is 0.645. The first-order valence-electron chi connectivity index (χ1n) is 3.95. The summed E-state index contributed by atoms with van der Waals surface area (Å²) in [7, 11) is 0. The van der Waals surface area contributed by atoms with Crippen LogP contribution in [0.5, 0.6) is 0 Å². The minimum Gasteiger partial charge on any atom is -0.325 e. The zero-order chi connectivity index (χ0) is 9.10. The van der Waals surface area contributed by atoms with E-state index in [1.165, 1.54) is 0 Å². The van der Waals surface area contributed by atoms with Crippen molar-refractivity contribution in [2.24, 2.45) is 10.7 Å². The Morgan fingerprint density at radius 1 is 1.54 bits per heavy atom. The minimum absolute atomic E-state index is 0.404. The number of rotatable bonds is 2. The van der Waals surface area contributed by atoms with Crippen LogP contribution in [0.1, 0.15) is 5.69 Å². The van der Waals surface area contributed by atoms with E-state index in [0.29, 0.717) is 13.2 Å². The van der Waals surface area contributed by atoms with Gasteiger partial charge in [0.25, 0.3) is 0 Å². The molecule has 13 heavy (non-hydrogen) atoms. The topological polar surface area (TPSA) is 72.3 Å². The van der Waals surface area contributed by atoms with Gasteiger partial charge >= 0.3 is 0 Å². The van der Waals surface area contributed by atoms with Crippen molar-refractivity contribution in [1.82, 2.24) is 15.1 Å². The Labute approximate surface area is 75.3 Å². The molecule has 1 aliphatic heterocycles. The lowest BCUT2D eigenvalue weighted by Crippen LogP contribution is -2.31. The summed E-state index contributed by atoms with van der Waals surface area (Å²) < 4.78 is 0. The summed E-state index contributed by atoms with van der Waals surface area (Å²) in [4.78, 5) is 5.68. The molecule has 0 bridgehead atoms. The monoisotopic (exact) mass is 178 g/mol. The molecule has 0 amide bonds. The molecular formula is C7H10N6. The Bertz CT molecular complexity index is 339. The Kier molecular flexibility index (Phi) is 2.05. The predicted octanol–water partition coefficient (Wildman–Crippen LogP) is -0.770. The largest absolute Gasteiger partial charge is 0.325 e. The van der Waals surface area contributed by atoms with Crippen LogP contribution in [0, 0.1) is 0 Å². The maximum Gasteiger partial charge on any atom is 0.131 e. The first kappa shape index (κ1) is 7.93. The molecule has 2 N–H and O–H groups in total. The van der Waals surface area contributed by atoms with Crippen LogP contribution in [0.2, 0.25) is 0 Å². The summed E-state index contributed by atoms with van der Waals surface area (Å²) in [5.41, 5.74) is 6.18. The molecule has 0 aromatic carbocycles. The standard InChI is InChI=1S/C7H10N6/c8-4-7-5-13(11-10-7)12-3-1-2-9-6-12/h1-3,5H,4,6,8H2. The lowest BCUT2D eigenvalue weighted by molar-refractivity contribution is 0.589. The highest BCUT2D eigenvalue weighted by Gasteiger charge is 2.05. The zero-order valence-electron chi connectivity index (χ0n) is 7.04. The SMILES string of the molecule is NCc1cn(N2C=CC=NC2)nn1. The molecule has 0 unspecified atom stereocenters. The highest BCUT2D eigenvalue weighted by molar-refractivity contribution is 5.72. The van der Waals surface area contributed by atoms with Gasteiger partial charge in [-0.15, -0.1) is 5.10 Å². The number of allylic oxidation sites excluding steroid dienone is 1. The number of hydrogen-bond acceptors (Lipinski definition) is 5. The fraction of sp³-hybridized carbons (Fsp3) is 0.286. The average Bonchev–Trinajstić information content (AvgIpc) is 2.67. The van der Waals surface area contributed by atoms with Crippen LogP contribution in [-0.2, 0) is 6.54 Å². The fourth-order valence-corrected chi connectivity index (χ4v) is 1.02. The number of nitrogens with zero attached hydrogens (tertiary/aromatic N) is 5. The molecule has 1 aromatic rings. The van der Waals surface area contributed by atoms with Gasteiger partial charge in [-0.05, 0) is 11.3 Å². The van der Waals surface area contributed by atoms with Crippen LogP contribution in [-0.4, -0.2) is 28.0 Å². The lowest BCUT2D eigenvalue weighted by Gasteiger charge is -2.17. The van der Waals surface area contributed by atoms with Crippen molar-refractivity contribution in [3.05, 3.63) is 24.2 Å². The molecule has 6 nitrogen and oxygen atoms in total. The number of aliphatic imine (C=N–C) groups is 1. The molecule has 0 spiro atoms. The lowest BCUT2D eigenvalue weighted by atomic mass is 10.5. The molecule has 2 heterocycles. The highest BCUT2D eigenvalue weighted by atomic mass is 15.7. The molecule has 0 aliphatic carbocycles. The first-order valence-corrected chi connectivity index (χ1v) is 3.95. The van der Waals surface area contributed by atoms with E-state index < -0.39 is 0 Å². The molecule has 68 valence electrons. The second-order valence-corrected chi connectivity index (χ2v) is 2.59. The van der Waals surface area contributed by atoms with Crippen molar-refractivity contribution in [1.29, 1.82) is 0 Å². The highest BCUT2D eigenvalue weighted by Crippen LogP contribution is 1.96. The van der Waals surface area contributed by atoms with E-state index in [1.54, 1.807) is 17.2 Å². The average molecular weight is 178 g/mol.